The van der Waals surface area contributed by atoms with Gasteiger partial charge in [0.25, 0.3) is 6.43 Å². The van der Waals surface area contributed by atoms with E-state index in [9.17, 15) is 24.0 Å². The molecule has 5 nitrogen and oxygen atoms in total. The molecule has 0 aromatic heterocycles. The van der Waals surface area contributed by atoms with Crippen molar-refractivity contribution >= 4 is 21.6 Å². The van der Waals surface area contributed by atoms with E-state index in [-0.39, 0.29) is 10.0 Å². The smallest absolute Gasteiger partial charge is 0.312 e. The molecule has 0 bridgehead atoms. The normalized spacial score (nSPS) is 12.8. The van der Waals surface area contributed by atoms with Crippen molar-refractivity contribution in [2.75, 3.05) is 0 Å². The minimum atomic E-state index is -2.92. The van der Waals surface area contributed by atoms with Crippen LogP contribution in [0.2, 0.25) is 0 Å². The minimum absolute atomic E-state index is 0.197. The van der Waals surface area contributed by atoms with Gasteiger partial charge in [0, 0.05) is 16.1 Å². The zero-order valence-corrected chi connectivity index (χ0v) is 9.32. The van der Waals surface area contributed by atoms with Gasteiger partial charge in [0.05, 0.1) is 11.0 Å². The van der Waals surface area contributed by atoms with E-state index in [1.54, 1.807) is 0 Å². The van der Waals surface area contributed by atoms with Crippen LogP contribution < -0.4 is 5.73 Å². The summed E-state index contributed by atoms with van der Waals surface area (Å²) in [5.41, 5.74) is 4.09. The summed E-state index contributed by atoms with van der Waals surface area (Å²) in [5.74, 6) is -0.832. The quantitative estimate of drug-likeness (QED) is 0.662. The topological polar surface area (TPSA) is 89.4 Å². The van der Waals surface area contributed by atoms with Gasteiger partial charge in [-0.2, -0.15) is 0 Å². The molecular formula is C8H7BrF2N2O3. The molecule has 1 rings (SSSR count). The summed E-state index contributed by atoms with van der Waals surface area (Å²) in [6, 6.07) is 0.368. The first-order valence-electron chi connectivity index (χ1n) is 4.05. The Morgan fingerprint density at radius 3 is 2.50 bits per heavy atom. The van der Waals surface area contributed by atoms with Crippen molar-refractivity contribution in [3.05, 3.63) is 32.3 Å². The van der Waals surface area contributed by atoms with Gasteiger partial charge in [0.1, 0.15) is 0 Å². The summed E-state index contributed by atoms with van der Waals surface area (Å²) in [5, 5.41) is 19.9. The summed E-state index contributed by atoms with van der Waals surface area (Å²) in [4.78, 5) is 9.64. The second kappa shape index (κ2) is 4.71. The van der Waals surface area contributed by atoms with Gasteiger partial charge in [-0.3, -0.25) is 10.1 Å². The maximum Gasteiger partial charge on any atom is 0.312 e. The third-order valence-corrected chi connectivity index (χ3v) is 2.37. The Morgan fingerprint density at radius 1 is 1.50 bits per heavy atom. The molecule has 1 aromatic rings. The van der Waals surface area contributed by atoms with Crippen LogP contribution in [-0.2, 0) is 0 Å². The standard InChI is InChI=1S/C8H7BrF2N2O3/c9-3-1-4(6(12)8(10)11)7(14)5(2-3)13(15)16/h1-2,6,8,14H,12H2/t6-/m0/s1. The van der Waals surface area contributed by atoms with Crippen LogP contribution >= 0.6 is 15.9 Å². The molecule has 0 saturated carbocycles. The number of alkyl halides is 2. The maximum absolute atomic E-state index is 12.3. The fourth-order valence-corrected chi connectivity index (χ4v) is 1.60. The number of phenols is 1. The summed E-state index contributed by atoms with van der Waals surface area (Å²) < 4.78 is 24.9. The Labute approximate surface area is 97.1 Å². The number of aromatic hydroxyl groups is 1. The number of benzene rings is 1. The highest BCUT2D eigenvalue weighted by molar-refractivity contribution is 9.10. The van der Waals surface area contributed by atoms with Gasteiger partial charge >= 0.3 is 5.69 Å². The van der Waals surface area contributed by atoms with Crippen molar-refractivity contribution in [3.63, 3.8) is 0 Å². The highest BCUT2D eigenvalue weighted by Gasteiger charge is 2.26. The number of nitro groups is 1. The van der Waals surface area contributed by atoms with Crippen LogP contribution in [0.3, 0.4) is 0 Å². The lowest BCUT2D eigenvalue weighted by Gasteiger charge is -2.12. The molecule has 0 unspecified atom stereocenters. The fourth-order valence-electron chi connectivity index (χ4n) is 1.13. The van der Waals surface area contributed by atoms with Crippen molar-refractivity contribution < 1.29 is 18.8 Å². The second-order valence-electron chi connectivity index (χ2n) is 2.98. The fraction of sp³-hybridized carbons (Fsp3) is 0.250. The number of phenolic OH excluding ortho intramolecular Hbond substituents is 1. The molecule has 0 heterocycles. The molecule has 0 aliphatic rings. The molecule has 3 N–H and O–H groups in total. The van der Waals surface area contributed by atoms with E-state index in [1.165, 1.54) is 0 Å². The third kappa shape index (κ3) is 2.45. The lowest BCUT2D eigenvalue weighted by atomic mass is 10.1. The van der Waals surface area contributed by atoms with Crippen LogP contribution in [0.5, 0.6) is 5.75 Å². The molecule has 1 atom stereocenters. The summed E-state index contributed by atoms with van der Waals surface area (Å²) in [6.07, 6.45) is -2.92. The molecule has 0 aliphatic carbocycles. The van der Waals surface area contributed by atoms with Crippen LogP contribution in [0.1, 0.15) is 11.6 Å². The predicted molar refractivity (Wildman–Crippen MR) is 55.4 cm³/mol. The van der Waals surface area contributed by atoms with Gasteiger partial charge in [-0.05, 0) is 6.07 Å². The Kier molecular flexibility index (Phi) is 3.76. The van der Waals surface area contributed by atoms with Gasteiger partial charge in [-0.15, -0.1) is 0 Å². The van der Waals surface area contributed by atoms with E-state index >= 15 is 0 Å². The van der Waals surface area contributed by atoms with Crippen molar-refractivity contribution in [2.24, 2.45) is 5.73 Å². The first kappa shape index (κ1) is 12.8. The number of rotatable bonds is 3. The first-order chi connectivity index (χ1) is 7.34. The van der Waals surface area contributed by atoms with E-state index in [0.717, 1.165) is 12.1 Å². The minimum Gasteiger partial charge on any atom is -0.502 e. The van der Waals surface area contributed by atoms with Crippen molar-refractivity contribution in [3.8, 4) is 5.75 Å². The van der Waals surface area contributed by atoms with Gasteiger partial charge < -0.3 is 10.8 Å². The zero-order valence-electron chi connectivity index (χ0n) is 7.73. The molecule has 0 spiro atoms. The molecule has 1 aromatic carbocycles. The number of nitrogens with zero attached hydrogens (tertiary/aromatic N) is 1. The van der Waals surface area contributed by atoms with E-state index in [0.29, 0.717) is 0 Å². The number of hydrogen-bond acceptors (Lipinski definition) is 4. The molecule has 0 fully saturated rings. The molecule has 0 saturated heterocycles. The molecule has 16 heavy (non-hydrogen) atoms. The zero-order chi connectivity index (χ0) is 12.5. The van der Waals surface area contributed by atoms with E-state index in [4.69, 9.17) is 5.73 Å². The highest BCUT2D eigenvalue weighted by atomic mass is 79.9. The SMILES string of the molecule is N[C@@H](c1cc(Br)cc([N+](=O)[O-])c1O)C(F)F. The third-order valence-electron chi connectivity index (χ3n) is 1.91. The Hall–Kier alpha value is -1.28. The van der Waals surface area contributed by atoms with E-state index in [1.807, 2.05) is 0 Å². The second-order valence-corrected chi connectivity index (χ2v) is 3.90. The lowest BCUT2D eigenvalue weighted by molar-refractivity contribution is -0.386. The number of nitro benzene ring substituents is 1. The van der Waals surface area contributed by atoms with Crippen molar-refractivity contribution in [2.45, 2.75) is 12.5 Å². The van der Waals surface area contributed by atoms with Crippen LogP contribution in [0.25, 0.3) is 0 Å². The molecule has 8 heteroatoms. The molecule has 0 radical (unpaired) electrons. The van der Waals surface area contributed by atoms with Crippen molar-refractivity contribution in [1.82, 2.24) is 0 Å². The number of nitrogens with two attached hydrogens (primary N) is 1. The highest BCUT2D eigenvalue weighted by Crippen LogP contribution is 2.37. The molecule has 88 valence electrons. The van der Waals surface area contributed by atoms with Gasteiger partial charge in [0.2, 0.25) is 0 Å². The largest absolute Gasteiger partial charge is 0.502 e. The van der Waals surface area contributed by atoms with Crippen LogP contribution in [0.4, 0.5) is 14.5 Å². The Balaban J connectivity index is 3.35. The van der Waals surface area contributed by atoms with Crippen LogP contribution in [0.15, 0.2) is 16.6 Å². The summed E-state index contributed by atoms with van der Waals surface area (Å²) in [7, 11) is 0. The average molecular weight is 297 g/mol. The lowest BCUT2D eigenvalue weighted by Crippen LogP contribution is -2.19. The maximum atomic E-state index is 12.3. The number of hydrogen-bond donors (Lipinski definition) is 2. The molecule has 0 aliphatic heterocycles. The summed E-state index contributed by atoms with van der Waals surface area (Å²) in [6.45, 7) is 0. The predicted octanol–water partition coefficient (Wildman–Crippen LogP) is 2.33. The molecular weight excluding hydrogens is 290 g/mol. The van der Waals surface area contributed by atoms with Gasteiger partial charge in [-0.1, -0.05) is 15.9 Å². The first-order valence-corrected chi connectivity index (χ1v) is 4.84. The van der Waals surface area contributed by atoms with Gasteiger partial charge in [-0.25, -0.2) is 8.78 Å². The van der Waals surface area contributed by atoms with E-state index < -0.39 is 28.8 Å². The van der Waals surface area contributed by atoms with E-state index in [2.05, 4.69) is 15.9 Å². The monoisotopic (exact) mass is 296 g/mol. The number of halogens is 3. The van der Waals surface area contributed by atoms with Gasteiger partial charge in [0.15, 0.2) is 5.75 Å². The Morgan fingerprint density at radius 2 is 2.06 bits per heavy atom. The summed E-state index contributed by atoms with van der Waals surface area (Å²) >= 11 is 2.92. The van der Waals surface area contributed by atoms with Crippen LogP contribution in [-0.4, -0.2) is 16.5 Å². The average Bonchev–Trinajstić information content (AvgIpc) is 2.19. The molecule has 0 amide bonds. The Bertz CT molecular complexity index is 428. The van der Waals surface area contributed by atoms with Crippen LogP contribution in [0, 0.1) is 10.1 Å². The van der Waals surface area contributed by atoms with Crippen molar-refractivity contribution in [1.29, 1.82) is 0 Å².